The van der Waals surface area contributed by atoms with Gasteiger partial charge in [-0.2, -0.15) is 0 Å². The average Bonchev–Trinajstić information content (AvgIpc) is 2.85. The molecule has 0 spiro atoms. The molecule has 1 aromatic heterocycles. The van der Waals surface area contributed by atoms with E-state index in [2.05, 4.69) is 30.2 Å². The summed E-state index contributed by atoms with van der Waals surface area (Å²) in [5, 5.41) is 4.69. The normalized spacial score (nSPS) is 15.5. The van der Waals surface area contributed by atoms with Crippen LogP contribution in [-0.2, 0) is 6.54 Å². The maximum Gasteiger partial charge on any atom is 0.107 e. The molecule has 88 valence electrons. The molecule has 0 saturated heterocycles. The summed E-state index contributed by atoms with van der Waals surface area (Å²) >= 11 is 1.81. The smallest absolute Gasteiger partial charge is 0.107 e. The highest BCUT2D eigenvalue weighted by atomic mass is 32.1. The highest BCUT2D eigenvalue weighted by Crippen LogP contribution is 2.20. The third-order valence-electron chi connectivity index (χ3n) is 3.11. The average molecular weight is 236 g/mol. The Morgan fingerprint density at radius 1 is 1.44 bits per heavy atom. The van der Waals surface area contributed by atoms with Crippen molar-refractivity contribution in [2.24, 2.45) is 0 Å². The maximum atomic E-state index is 4.52. The number of nitrogens with zero attached hydrogens (tertiary/aromatic N) is 1. The predicted octanol–water partition coefficient (Wildman–Crippen LogP) is 3.35. The van der Waals surface area contributed by atoms with Gasteiger partial charge in [0.2, 0.25) is 0 Å². The number of allylic oxidation sites excluding steroid dienone is 1. The van der Waals surface area contributed by atoms with E-state index in [0.29, 0.717) is 0 Å². The van der Waals surface area contributed by atoms with Gasteiger partial charge in [0.05, 0.1) is 5.69 Å². The summed E-state index contributed by atoms with van der Waals surface area (Å²) in [5.74, 6) is 0. The van der Waals surface area contributed by atoms with Gasteiger partial charge in [0, 0.05) is 11.4 Å². The van der Waals surface area contributed by atoms with Crippen molar-refractivity contribution in [3.63, 3.8) is 0 Å². The molecule has 0 bridgehead atoms. The van der Waals surface area contributed by atoms with E-state index in [1.165, 1.54) is 41.3 Å². The lowest BCUT2D eigenvalue weighted by atomic mass is 10.2. The molecule has 1 aliphatic carbocycles. The van der Waals surface area contributed by atoms with Crippen LogP contribution in [0.4, 0.5) is 0 Å². The molecule has 0 amide bonds. The minimum atomic E-state index is 0.923. The molecule has 1 N–H and O–H groups in total. The number of hydrogen-bond donors (Lipinski definition) is 1. The standard InChI is InChI=1S/C13H20N2S/c1-10-11(2)16-13(15-10)9-14-8-7-12-5-3-4-6-12/h5,14H,3-4,6-9H2,1-2H3. The third kappa shape index (κ3) is 3.16. The second-order valence-corrected chi connectivity index (χ2v) is 5.72. The molecule has 0 aliphatic heterocycles. The van der Waals surface area contributed by atoms with Crippen LogP contribution in [0.2, 0.25) is 0 Å². The number of hydrogen-bond acceptors (Lipinski definition) is 3. The van der Waals surface area contributed by atoms with Crippen LogP contribution in [0.25, 0.3) is 0 Å². The van der Waals surface area contributed by atoms with Crippen molar-refractivity contribution in [2.75, 3.05) is 6.54 Å². The van der Waals surface area contributed by atoms with Crippen molar-refractivity contribution in [2.45, 2.75) is 46.1 Å². The summed E-state index contributed by atoms with van der Waals surface area (Å²) in [4.78, 5) is 5.86. The van der Waals surface area contributed by atoms with Crippen molar-refractivity contribution >= 4 is 11.3 Å². The highest BCUT2D eigenvalue weighted by molar-refractivity contribution is 7.11. The predicted molar refractivity (Wildman–Crippen MR) is 69.8 cm³/mol. The minimum Gasteiger partial charge on any atom is -0.310 e. The number of nitrogens with one attached hydrogen (secondary N) is 1. The topological polar surface area (TPSA) is 24.9 Å². The number of thiazole rings is 1. The monoisotopic (exact) mass is 236 g/mol. The molecule has 0 unspecified atom stereocenters. The van der Waals surface area contributed by atoms with Crippen molar-refractivity contribution in [3.8, 4) is 0 Å². The van der Waals surface area contributed by atoms with E-state index in [0.717, 1.165) is 13.1 Å². The van der Waals surface area contributed by atoms with Gasteiger partial charge in [-0.05, 0) is 46.1 Å². The molecule has 0 fully saturated rings. The van der Waals surface area contributed by atoms with Gasteiger partial charge in [-0.1, -0.05) is 11.6 Å². The highest BCUT2D eigenvalue weighted by Gasteiger charge is 2.05. The van der Waals surface area contributed by atoms with E-state index in [4.69, 9.17) is 0 Å². The first kappa shape index (κ1) is 11.8. The SMILES string of the molecule is Cc1nc(CNCCC2=CCCC2)sc1C. The van der Waals surface area contributed by atoms with E-state index in [1.54, 1.807) is 5.57 Å². The first-order valence-corrected chi connectivity index (χ1v) is 6.89. The first-order chi connectivity index (χ1) is 7.75. The lowest BCUT2D eigenvalue weighted by molar-refractivity contribution is 0.672. The van der Waals surface area contributed by atoms with Crippen LogP contribution >= 0.6 is 11.3 Å². The van der Waals surface area contributed by atoms with Gasteiger partial charge in [0.25, 0.3) is 0 Å². The van der Waals surface area contributed by atoms with Crippen LogP contribution < -0.4 is 5.32 Å². The molecule has 1 aliphatic rings. The van der Waals surface area contributed by atoms with Gasteiger partial charge in [0.1, 0.15) is 5.01 Å². The third-order valence-corrected chi connectivity index (χ3v) is 4.18. The van der Waals surface area contributed by atoms with Gasteiger partial charge in [-0.3, -0.25) is 0 Å². The summed E-state index contributed by atoms with van der Waals surface area (Å²) < 4.78 is 0. The van der Waals surface area contributed by atoms with E-state index < -0.39 is 0 Å². The zero-order valence-corrected chi connectivity index (χ0v) is 11.0. The molecule has 0 aromatic carbocycles. The van der Waals surface area contributed by atoms with Gasteiger partial charge in [0.15, 0.2) is 0 Å². The van der Waals surface area contributed by atoms with Crippen LogP contribution in [0.5, 0.6) is 0 Å². The molecule has 16 heavy (non-hydrogen) atoms. The quantitative estimate of drug-likeness (QED) is 0.626. The molecule has 0 atom stereocenters. The number of aromatic nitrogens is 1. The van der Waals surface area contributed by atoms with E-state index >= 15 is 0 Å². The zero-order chi connectivity index (χ0) is 11.4. The number of rotatable bonds is 5. The Labute approximate surface area is 102 Å². The number of aryl methyl sites for hydroxylation is 2. The van der Waals surface area contributed by atoms with Crippen LogP contribution in [0.1, 0.15) is 41.3 Å². The van der Waals surface area contributed by atoms with Crippen LogP contribution in [-0.4, -0.2) is 11.5 Å². The summed E-state index contributed by atoms with van der Waals surface area (Å²) in [5.41, 5.74) is 2.82. The van der Waals surface area contributed by atoms with Crippen molar-refractivity contribution in [1.29, 1.82) is 0 Å². The molecule has 0 saturated carbocycles. The Morgan fingerprint density at radius 2 is 2.31 bits per heavy atom. The van der Waals surface area contributed by atoms with Gasteiger partial charge in [-0.25, -0.2) is 4.98 Å². The molecule has 2 rings (SSSR count). The van der Waals surface area contributed by atoms with Gasteiger partial charge < -0.3 is 5.32 Å². The Bertz CT molecular complexity index is 360. The molecule has 1 aromatic rings. The summed E-state index contributed by atoms with van der Waals surface area (Å²) in [7, 11) is 0. The van der Waals surface area contributed by atoms with Gasteiger partial charge in [-0.15, -0.1) is 11.3 Å². The maximum absolute atomic E-state index is 4.52. The van der Waals surface area contributed by atoms with E-state index in [1.807, 2.05) is 11.3 Å². The Kier molecular flexibility index (Phi) is 4.13. The Balaban J connectivity index is 1.67. The Hall–Kier alpha value is -0.670. The molecule has 1 heterocycles. The summed E-state index contributed by atoms with van der Waals surface area (Å²) in [6.45, 7) is 6.23. The lowest BCUT2D eigenvalue weighted by Crippen LogP contribution is -2.14. The fourth-order valence-electron chi connectivity index (χ4n) is 2.02. The van der Waals surface area contributed by atoms with E-state index in [9.17, 15) is 0 Å². The van der Waals surface area contributed by atoms with Crippen molar-refractivity contribution < 1.29 is 0 Å². The van der Waals surface area contributed by atoms with Crippen LogP contribution in [0, 0.1) is 13.8 Å². The molecule has 2 nitrogen and oxygen atoms in total. The summed E-state index contributed by atoms with van der Waals surface area (Å²) in [6.07, 6.45) is 7.58. The molecule has 0 radical (unpaired) electrons. The van der Waals surface area contributed by atoms with Gasteiger partial charge >= 0.3 is 0 Å². The molecule has 3 heteroatoms. The second-order valence-electron chi connectivity index (χ2n) is 4.43. The molecular formula is C13H20N2S. The van der Waals surface area contributed by atoms with Crippen molar-refractivity contribution in [1.82, 2.24) is 10.3 Å². The fourth-order valence-corrected chi connectivity index (χ4v) is 2.93. The van der Waals surface area contributed by atoms with Crippen LogP contribution in [0.15, 0.2) is 11.6 Å². The zero-order valence-electron chi connectivity index (χ0n) is 10.2. The largest absolute Gasteiger partial charge is 0.310 e. The minimum absolute atomic E-state index is 0.923. The lowest BCUT2D eigenvalue weighted by Gasteiger charge is -2.03. The van der Waals surface area contributed by atoms with Crippen molar-refractivity contribution in [3.05, 3.63) is 27.2 Å². The van der Waals surface area contributed by atoms with E-state index in [-0.39, 0.29) is 0 Å². The Morgan fingerprint density at radius 3 is 2.94 bits per heavy atom. The van der Waals surface area contributed by atoms with Crippen LogP contribution in [0.3, 0.4) is 0 Å². The second kappa shape index (κ2) is 5.60. The molecular weight excluding hydrogens is 216 g/mol. The summed E-state index contributed by atoms with van der Waals surface area (Å²) in [6, 6.07) is 0. The first-order valence-electron chi connectivity index (χ1n) is 6.07. The fraction of sp³-hybridized carbons (Fsp3) is 0.615.